The van der Waals surface area contributed by atoms with Crippen molar-refractivity contribution in [3.05, 3.63) is 34.9 Å². The molecule has 92 valence electrons. The second-order valence-corrected chi connectivity index (χ2v) is 4.45. The molecular weight excluding hydrogens is 206 g/mol. The van der Waals surface area contributed by atoms with Crippen LogP contribution >= 0.6 is 0 Å². The van der Waals surface area contributed by atoms with Gasteiger partial charge in [-0.25, -0.2) is 0 Å². The lowest BCUT2D eigenvalue weighted by Gasteiger charge is -2.07. The molecule has 0 aromatic rings. The van der Waals surface area contributed by atoms with Crippen LogP contribution in [-0.4, -0.2) is 6.04 Å². The molecule has 1 aliphatic carbocycles. The van der Waals surface area contributed by atoms with Gasteiger partial charge in [0, 0.05) is 18.0 Å². The Balaban J connectivity index is 3.06. The van der Waals surface area contributed by atoms with Crippen LogP contribution in [0.25, 0.3) is 0 Å². The zero-order valence-electron chi connectivity index (χ0n) is 11.2. The lowest BCUT2D eigenvalue weighted by Crippen LogP contribution is -2.16. The fraction of sp³-hybridized carbons (Fsp3) is 0.500. The minimum absolute atomic E-state index is 0.0216. The highest BCUT2D eigenvalue weighted by atomic mass is 14.6. The average Bonchev–Trinajstić information content (AvgIpc) is 2.50. The van der Waals surface area contributed by atoms with Crippen molar-refractivity contribution in [3.63, 3.8) is 0 Å². The van der Waals surface area contributed by atoms with Crippen LogP contribution in [0, 0.1) is 11.8 Å². The first kappa shape index (κ1) is 13.8. The summed E-state index contributed by atoms with van der Waals surface area (Å²) in [5.41, 5.74) is 9.62. The van der Waals surface area contributed by atoms with E-state index in [4.69, 9.17) is 5.73 Å². The Bertz CT molecular complexity index is 397. The highest BCUT2D eigenvalue weighted by molar-refractivity contribution is 5.51. The van der Waals surface area contributed by atoms with Gasteiger partial charge in [-0.15, -0.1) is 0 Å². The lowest BCUT2D eigenvalue weighted by atomic mass is 9.99. The minimum atomic E-state index is 0.0216. The third-order valence-electron chi connectivity index (χ3n) is 2.79. The first-order valence-corrected chi connectivity index (χ1v) is 6.54. The molecule has 1 atom stereocenters. The van der Waals surface area contributed by atoms with Crippen LogP contribution in [0.5, 0.6) is 0 Å². The van der Waals surface area contributed by atoms with Crippen molar-refractivity contribution in [1.29, 1.82) is 0 Å². The normalized spacial score (nSPS) is 21.8. The SMILES string of the molecule is CC/C=C1/C=C(C(C)N)C#CC/C1=C/CCC. The van der Waals surface area contributed by atoms with Gasteiger partial charge >= 0.3 is 0 Å². The molecule has 0 fully saturated rings. The Morgan fingerprint density at radius 1 is 1.41 bits per heavy atom. The molecule has 17 heavy (non-hydrogen) atoms. The smallest absolute Gasteiger partial charge is 0.0346 e. The van der Waals surface area contributed by atoms with Crippen LogP contribution in [0.3, 0.4) is 0 Å². The molecule has 0 saturated heterocycles. The summed E-state index contributed by atoms with van der Waals surface area (Å²) in [6.07, 6.45) is 10.9. The summed E-state index contributed by atoms with van der Waals surface area (Å²) >= 11 is 0. The van der Waals surface area contributed by atoms with Gasteiger partial charge in [0.05, 0.1) is 0 Å². The van der Waals surface area contributed by atoms with Crippen molar-refractivity contribution < 1.29 is 0 Å². The maximum Gasteiger partial charge on any atom is 0.0346 e. The molecule has 1 aliphatic rings. The molecule has 1 heteroatoms. The van der Waals surface area contributed by atoms with Crippen LogP contribution in [0.15, 0.2) is 34.9 Å². The molecule has 0 saturated carbocycles. The third kappa shape index (κ3) is 4.24. The zero-order chi connectivity index (χ0) is 12.7. The fourth-order valence-corrected chi connectivity index (χ4v) is 1.80. The minimum Gasteiger partial charge on any atom is -0.324 e. The summed E-state index contributed by atoms with van der Waals surface area (Å²) in [6.45, 7) is 6.35. The molecule has 0 amide bonds. The van der Waals surface area contributed by atoms with E-state index >= 15 is 0 Å². The van der Waals surface area contributed by atoms with Gasteiger partial charge < -0.3 is 5.73 Å². The number of hydrogen-bond donors (Lipinski definition) is 1. The van der Waals surface area contributed by atoms with Crippen molar-refractivity contribution in [3.8, 4) is 11.8 Å². The second kappa shape index (κ2) is 7.14. The van der Waals surface area contributed by atoms with E-state index in [-0.39, 0.29) is 6.04 Å². The van der Waals surface area contributed by atoms with E-state index in [2.05, 4.69) is 43.9 Å². The maximum atomic E-state index is 5.92. The molecule has 0 aliphatic heterocycles. The Morgan fingerprint density at radius 2 is 2.18 bits per heavy atom. The Labute approximate surface area is 105 Å². The number of unbranched alkanes of at least 4 members (excludes halogenated alkanes) is 1. The third-order valence-corrected chi connectivity index (χ3v) is 2.79. The summed E-state index contributed by atoms with van der Waals surface area (Å²) in [5, 5.41) is 0. The lowest BCUT2D eigenvalue weighted by molar-refractivity contribution is 0.891. The Morgan fingerprint density at radius 3 is 2.76 bits per heavy atom. The second-order valence-electron chi connectivity index (χ2n) is 4.45. The largest absolute Gasteiger partial charge is 0.324 e. The van der Waals surface area contributed by atoms with E-state index in [1.165, 1.54) is 17.6 Å². The molecule has 2 N–H and O–H groups in total. The molecule has 1 nitrogen and oxygen atoms in total. The molecule has 0 aromatic heterocycles. The van der Waals surface area contributed by atoms with Crippen LogP contribution in [0.2, 0.25) is 0 Å². The highest BCUT2D eigenvalue weighted by Crippen LogP contribution is 2.22. The summed E-state index contributed by atoms with van der Waals surface area (Å²) in [4.78, 5) is 0. The molecule has 0 bridgehead atoms. The van der Waals surface area contributed by atoms with Crippen LogP contribution in [0.1, 0.15) is 46.5 Å². The monoisotopic (exact) mass is 229 g/mol. The van der Waals surface area contributed by atoms with Gasteiger partial charge in [0.1, 0.15) is 0 Å². The zero-order valence-corrected chi connectivity index (χ0v) is 11.2. The highest BCUT2D eigenvalue weighted by Gasteiger charge is 2.08. The first-order chi connectivity index (χ1) is 8.19. The van der Waals surface area contributed by atoms with E-state index in [0.717, 1.165) is 24.8 Å². The van der Waals surface area contributed by atoms with E-state index in [0.29, 0.717) is 0 Å². The molecular formula is C16H23N. The van der Waals surface area contributed by atoms with E-state index < -0.39 is 0 Å². The average molecular weight is 229 g/mol. The van der Waals surface area contributed by atoms with E-state index in [9.17, 15) is 0 Å². The van der Waals surface area contributed by atoms with Crippen molar-refractivity contribution in [2.24, 2.45) is 5.73 Å². The van der Waals surface area contributed by atoms with Crippen molar-refractivity contribution >= 4 is 0 Å². The molecule has 0 heterocycles. The molecule has 1 unspecified atom stereocenters. The van der Waals surface area contributed by atoms with Gasteiger partial charge in [-0.2, -0.15) is 0 Å². The van der Waals surface area contributed by atoms with E-state index in [1.807, 2.05) is 6.92 Å². The molecule has 0 radical (unpaired) electrons. The van der Waals surface area contributed by atoms with Gasteiger partial charge in [0.2, 0.25) is 0 Å². The summed E-state index contributed by atoms with van der Waals surface area (Å²) in [7, 11) is 0. The molecule has 1 rings (SSSR count). The van der Waals surface area contributed by atoms with Gasteiger partial charge in [-0.05, 0) is 37.0 Å². The Kier molecular flexibility index (Phi) is 5.80. The van der Waals surface area contributed by atoms with Crippen molar-refractivity contribution in [1.82, 2.24) is 0 Å². The quantitative estimate of drug-likeness (QED) is 0.730. The van der Waals surface area contributed by atoms with Crippen LogP contribution in [-0.2, 0) is 0 Å². The first-order valence-electron chi connectivity index (χ1n) is 6.54. The van der Waals surface area contributed by atoms with Gasteiger partial charge in [0.15, 0.2) is 0 Å². The van der Waals surface area contributed by atoms with Crippen molar-refractivity contribution in [2.45, 2.75) is 52.5 Å². The maximum absolute atomic E-state index is 5.92. The Hall–Kier alpha value is -1.26. The topological polar surface area (TPSA) is 26.0 Å². The summed E-state index contributed by atoms with van der Waals surface area (Å²) in [6, 6.07) is 0.0216. The summed E-state index contributed by atoms with van der Waals surface area (Å²) < 4.78 is 0. The van der Waals surface area contributed by atoms with Crippen LogP contribution < -0.4 is 5.73 Å². The number of hydrogen-bond acceptors (Lipinski definition) is 1. The van der Waals surface area contributed by atoms with Crippen LogP contribution in [0.4, 0.5) is 0 Å². The van der Waals surface area contributed by atoms with E-state index in [1.54, 1.807) is 0 Å². The summed E-state index contributed by atoms with van der Waals surface area (Å²) in [5.74, 6) is 6.40. The van der Waals surface area contributed by atoms with Gasteiger partial charge in [0.25, 0.3) is 0 Å². The number of rotatable bonds is 4. The number of nitrogens with two attached hydrogens (primary N) is 1. The predicted octanol–water partition coefficient (Wildman–Crippen LogP) is 3.73. The number of allylic oxidation sites excluding steroid dienone is 5. The molecule has 0 spiro atoms. The van der Waals surface area contributed by atoms with Gasteiger partial charge in [-0.3, -0.25) is 0 Å². The molecule has 0 aromatic carbocycles. The standard InChI is InChI=1S/C16H23N/c1-4-6-9-14-10-7-11-15(13(3)17)12-16(14)8-5-2/h8-9,12-13H,4-6,10,17H2,1-3H3/b14-9-,16-8-. The van der Waals surface area contributed by atoms with Crippen molar-refractivity contribution in [2.75, 3.05) is 0 Å². The fourth-order valence-electron chi connectivity index (χ4n) is 1.80. The predicted molar refractivity (Wildman–Crippen MR) is 75.5 cm³/mol. The van der Waals surface area contributed by atoms with Gasteiger partial charge in [-0.1, -0.05) is 44.3 Å².